The summed E-state index contributed by atoms with van der Waals surface area (Å²) < 4.78 is 2.23. The van der Waals surface area contributed by atoms with Gasteiger partial charge >= 0.3 is 0 Å². The van der Waals surface area contributed by atoms with Gasteiger partial charge in [0, 0.05) is 17.4 Å². The molecule has 124 valence electrons. The molecule has 2 aromatic carbocycles. The van der Waals surface area contributed by atoms with Crippen LogP contribution in [0.2, 0.25) is 0 Å². The van der Waals surface area contributed by atoms with Gasteiger partial charge in [-0.3, -0.25) is 4.57 Å². The highest BCUT2D eigenvalue weighted by molar-refractivity contribution is 5.84. The lowest BCUT2D eigenvalue weighted by atomic mass is 9.87. The summed E-state index contributed by atoms with van der Waals surface area (Å²) in [5.74, 6) is 0.922. The first-order chi connectivity index (χ1) is 12.1. The van der Waals surface area contributed by atoms with Gasteiger partial charge in [0.1, 0.15) is 5.82 Å². The lowest BCUT2D eigenvalue weighted by Gasteiger charge is -2.21. The predicted molar refractivity (Wildman–Crippen MR) is 103 cm³/mol. The van der Waals surface area contributed by atoms with Crippen LogP contribution in [-0.2, 0) is 5.41 Å². The predicted octanol–water partition coefficient (Wildman–Crippen LogP) is 5.39. The molecule has 0 saturated carbocycles. The van der Waals surface area contributed by atoms with Crippen LogP contribution < -0.4 is 0 Å². The van der Waals surface area contributed by atoms with Gasteiger partial charge in [0.05, 0.1) is 5.52 Å². The molecule has 4 rings (SSSR count). The summed E-state index contributed by atoms with van der Waals surface area (Å²) in [4.78, 5) is 9.44. The molecule has 0 amide bonds. The first-order valence-corrected chi connectivity index (χ1v) is 8.54. The van der Waals surface area contributed by atoms with Gasteiger partial charge in [-0.05, 0) is 29.2 Å². The van der Waals surface area contributed by atoms with Crippen LogP contribution in [-0.4, -0.2) is 14.5 Å². The standard InChI is InChI=1S/C22H21N3/c1-22(2,3)18-14-15-23-20-19(18)25(17-12-8-5-9-13-17)21(24-20)16-10-6-4-7-11-16/h4-15H,1-3H3. The second kappa shape index (κ2) is 5.85. The van der Waals surface area contributed by atoms with Crippen LogP contribution in [0, 0.1) is 0 Å². The number of aromatic nitrogens is 3. The first-order valence-electron chi connectivity index (χ1n) is 8.54. The molecule has 0 aliphatic heterocycles. The zero-order valence-electron chi connectivity index (χ0n) is 14.8. The van der Waals surface area contributed by atoms with Crippen molar-refractivity contribution in [2.45, 2.75) is 26.2 Å². The van der Waals surface area contributed by atoms with E-state index in [1.54, 1.807) is 0 Å². The fraction of sp³-hybridized carbons (Fsp3) is 0.182. The largest absolute Gasteiger partial charge is 0.290 e. The average molecular weight is 327 g/mol. The lowest BCUT2D eigenvalue weighted by Crippen LogP contribution is -2.13. The van der Waals surface area contributed by atoms with Crippen molar-refractivity contribution in [3.05, 3.63) is 78.5 Å². The third-order valence-electron chi connectivity index (χ3n) is 4.41. The maximum Gasteiger partial charge on any atom is 0.178 e. The first kappa shape index (κ1) is 15.6. The minimum atomic E-state index is 0.00170. The number of imidazole rings is 1. The van der Waals surface area contributed by atoms with Gasteiger partial charge in [-0.1, -0.05) is 69.3 Å². The van der Waals surface area contributed by atoms with E-state index in [2.05, 4.69) is 72.8 Å². The van der Waals surface area contributed by atoms with Gasteiger partial charge in [0.25, 0.3) is 0 Å². The van der Waals surface area contributed by atoms with E-state index in [1.807, 2.05) is 30.5 Å². The Balaban J connectivity index is 2.14. The normalized spacial score (nSPS) is 11.8. The van der Waals surface area contributed by atoms with Crippen molar-refractivity contribution in [2.24, 2.45) is 0 Å². The summed E-state index contributed by atoms with van der Waals surface area (Å²) in [7, 11) is 0. The Bertz CT molecular complexity index is 1010. The number of pyridine rings is 1. The molecule has 0 radical (unpaired) electrons. The number of benzene rings is 2. The van der Waals surface area contributed by atoms with E-state index in [0.29, 0.717) is 0 Å². The monoisotopic (exact) mass is 327 g/mol. The quantitative estimate of drug-likeness (QED) is 0.494. The number of nitrogens with zero attached hydrogens (tertiary/aromatic N) is 3. The number of hydrogen-bond donors (Lipinski definition) is 0. The molecule has 0 aliphatic carbocycles. The fourth-order valence-corrected chi connectivity index (χ4v) is 3.22. The van der Waals surface area contributed by atoms with Crippen LogP contribution >= 0.6 is 0 Å². The van der Waals surface area contributed by atoms with E-state index in [1.165, 1.54) is 5.56 Å². The van der Waals surface area contributed by atoms with Gasteiger partial charge in [-0.25, -0.2) is 9.97 Å². The second-order valence-electron chi connectivity index (χ2n) is 7.25. The SMILES string of the molecule is CC(C)(C)c1ccnc2nc(-c3ccccc3)n(-c3ccccc3)c12. The number of fused-ring (bicyclic) bond motifs is 1. The minimum Gasteiger partial charge on any atom is -0.290 e. The Morgan fingerprint density at radius 3 is 2.08 bits per heavy atom. The Kier molecular flexibility index (Phi) is 3.65. The van der Waals surface area contributed by atoms with Crippen molar-refractivity contribution >= 4 is 11.2 Å². The molecule has 3 nitrogen and oxygen atoms in total. The van der Waals surface area contributed by atoms with Crippen LogP contribution in [0.15, 0.2) is 72.9 Å². The maximum atomic E-state index is 4.89. The minimum absolute atomic E-state index is 0.00170. The molecule has 0 aliphatic rings. The van der Waals surface area contributed by atoms with Gasteiger partial charge in [-0.15, -0.1) is 0 Å². The van der Waals surface area contributed by atoms with E-state index < -0.39 is 0 Å². The lowest BCUT2D eigenvalue weighted by molar-refractivity contribution is 0.593. The van der Waals surface area contributed by atoms with E-state index in [9.17, 15) is 0 Å². The number of para-hydroxylation sites is 1. The molecule has 3 heteroatoms. The molecule has 0 fully saturated rings. The Hall–Kier alpha value is -2.94. The molecule has 4 aromatic rings. The molecule has 0 saturated heterocycles. The van der Waals surface area contributed by atoms with Gasteiger partial charge < -0.3 is 0 Å². The molecule has 25 heavy (non-hydrogen) atoms. The zero-order chi connectivity index (χ0) is 17.4. The average Bonchev–Trinajstić information content (AvgIpc) is 3.02. The molecular weight excluding hydrogens is 306 g/mol. The van der Waals surface area contributed by atoms with Crippen LogP contribution in [0.5, 0.6) is 0 Å². The second-order valence-corrected chi connectivity index (χ2v) is 7.25. The van der Waals surface area contributed by atoms with Crippen molar-refractivity contribution in [2.75, 3.05) is 0 Å². The van der Waals surface area contributed by atoms with Crippen molar-refractivity contribution in [1.82, 2.24) is 14.5 Å². The molecule has 0 unspecified atom stereocenters. The molecule has 2 heterocycles. The van der Waals surface area contributed by atoms with Crippen molar-refractivity contribution in [3.63, 3.8) is 0 Å². The Morgan fingerprint density at radius 2 is 1.44 bits per heavy atom. The summed E-state index contributed by atoms with van der Waals surface area (Å²) in [6.07, 6.45) is 1.86. The van der Waals surface area contributed by atoms with E-state index in [-0.39, 0.29) is 5.41 Å². The molecule has 0 N–H and O–H groups in total. The number of rotatable bonds is 2. The summed E-state index contributed by atoms with van der Waals surface area (Å²) in [5.41, 5.74) is 5.31. The van der Waals surface area contributed by atoms with E-state index in [0.717, 1.165) is 28.2 Å². The summed E-state index contributed by atoms with van der Waals surface area (Å²) in [5, 5.41) is 0. The van der Waals surface area contributed by atoms with Crippen LogP contribution in [0.3, 0.4) is 0 Å². The Morgan fingerprint density at radius 1 is 0.800 bits per heavy atom. The zero-order valence-corrected chi connectivity index (χ0v) is 14.8. The maximum absolute atomic E-state index is 4.89. The van der Waals surface area contributed by atoms with Crippen molar-refractivity contribution < 1.29 is 0 Å². The smallest absolute Gasteiger partial charge is 0.178 e. The third-order valence-corrected chi connectivity index (χ3v) is 4.41. The molecule has 2 aromatic heterocycles. The number of hydrogen-bond acceptors (Lipinski definition) is 2. The van der Waals surface area contributed by atoms with Gasteiger partial charge in [0.15, 0.2) is 5.65 Å². The summed E-state index contributed by atoms with van der Waals surface area (Å²) >= 11 is 0. The van der Waals surface area contributed by atoms with Crippen molar-refractivity contribution in [1.29, 1.82) is 0 Å². The molecule has 0 bridgehead atoms. The highest BCUT2D eigenvalue weighted by atomic mass is 15.1. The van der Waals surface area contributed by atoms with Gasteiger partial charge in [-0.2, -0.15) is 0 Å². The summed E-state index contributed by atoms with van der Waals surface area (Å²) in [6.45, 7) is 6.69. The summed E-state index contributed by atoms with van der Waals surface area (Å²) in [6, 6.07) is 22.8. The fourth-order valence-electron chi connectivity index (χ4n) is 3.22. The van der Waals surface area contributed by atoms with Crippen LogP contribution in [0.4, 0.5) is 0 Å². The Labute approximate surface area is 148 Å². The third kappa shape index (κ3) is 2.72. The van der Waals surface area contributed by atoms with Crippen molar-refractivity contribution in [3.8, 4) is 17.1 Å². The topological polar surface area (TPSA) is 30.7 Å². The van der Waals surface area contributed by atoms with E-state index >= 15 is 0 Å². The molecular formula is C22H21N3. The molecule has 0 spiro atoms. The van der Waals surface area contributed by atoms with Crippen LogP contribution in [0.25, 0.3) is 28.2 Å². The highest BCUT2D eigenvalue weighted by Crippen LogP contribution is 2.34. The highest BCUT2D eigenvalue weighted by Gasteiger charge is 2.23. The van der Waals surface area contributed by atoms with Crippen LogP contribution in [0.1, 0.15) is 26.3 Å². The van der Waals surface area contributed by atoms with Gasteiger partial charge in [0.2, 0.25) is 0 Å². The molecule has 0 atom stereocenters. The van der Waals surface area contributed by atoms with E-state index in [4.69, 9.17) is 4.98 Å².